The number of hydrazine groups is 1. The van der Waals surface area contributed by atoms with E-state index in [-0.39, 0.29) is 30.7 Å². The molecule has 6 nitrogen and oxygen atoms in total. The van der Waals surface area contributed by atoms with Gasteiger partial charge in [-0.1, -0.05) is 6.92 Å². The molecule has 14 heavy (non-hydrogen) atoms. The predicted octanol–water partition coefficient (Wildman–Crippen LogP) is -0.320. The predicted molar refractivity (Wildman–Crippen MR) is 50.9 cm³/mol. The molecule has 0 radical (unpaired) electrons. The van der Waals surface area contributed by atoms with Gasteiger partial charge in [-0.05, 0) is 19.4 Å². The molecule has 6 heteroatoms. The number of nitrogens with one attached hydrogen (secondary N) is 2. The lowest BCUT2D eigenvalue weighted by Gasteiger charge is -2.52. The maximum Gasteiger partial charge on any atom is 0.329 e. The van der Waals surface area contributed by atoms with Crippen molar-refractivity contribution in [3.63, 3.8) is 0 Å². The molecule has 2 aliphatic rings. The van der Waals surface area contributed by atoms with Crippen LogP contribution in [0.2, 0.25) is 0 Å². The Balaban J connectivity index is 2.14. The Morgan fingerprint density at radius 3 is 2.93 bits per heavy atom. The van der Waals surface area contributed by atoms with E-state index in [1.54, 1.807) is 5.01 Å². The van der Waals surface area contributed by atoms with Gasteiger partial charge in [-0.25, -0.2) is 9.80 Å². The fourth-order valence-electron chi connectivity index (χ4n) is 2.39. The molecule has 0 spiro atoms. The average molecular weight is 199 g/mol. The Hall–Kier alpha value is -0.850. The van der Waals surface area contributed by atoms with Crippen LogP contribution in [0.5, 0.6) is 0 Å². The second-order valence-electron chi connectivity index (χ2n) is 4.12. The molecular formula is C8H15N4O2-. The molecule has 2 amide bonds. The summed E-state index contributed by atoms with van der Waals surface area (Å²) in [6.07, 6.45) is 0. The third-order valence-electron chi connectivity index (χ3n) is 2.86. The van der Waals surface area contributed by atoms with Crippen molar-refractivity contribution in [2.75, 3.05) is 13.2 Å². The summed E-state index contributed by atoms with van der Waals surface area (Å²) in [6, 6.07) is 0.0709. The van der Waals surface area contributed by atoms with E-state index in [0.29, 0.717) is 6.54 Å². The van der Waals surface area contributed by atoms with Gasteiger partial charge < -0.3 is 15.6 Å². The van der Waals surface area contributed by atoms with E-state index >= 15 is 0 Å². The van der Waals surface area contributed by atoms with E-state index in [4.69, 9.17) is 0 Å². The fraction of sp³-hybridized carbons (Fsp3) is 0.875. The third kappa shape index (κ3) is 1.56. The van der Waals surface area contributed by atoms with Crippen LogP contribution in [0.1, 0.15) is 13.8 Å². The first kappa shape index (κ1) is 9.70. The van der Waals surface area contributed by atoms with Crippen LogP contribution in [0.3, 0.4) is 0 Å². The quantitative estimate of drug-likeness (QED) is 0.561. The first-order chi connectivity index (χ1) is 6.58. The van der Waals surface area contributed by atoms with Crippen molar-refractivity contribution in [2.45, 2.75) is 25.9 Å². The molecule has 0 aliphatic carbocycles. The van der Waals surface area contributed by atoms with Crippen LogP contribution >= 0.6 is 0 Å². The molecule has 2 fully saturated rings. The summed E-state index contributed by atoms with van der Waals surface area (Å²) in [5, 5.41) is 16.8. The van der Waals surface area contributed by atoms with Crippen LogP contribution in [0.25, 0.3) is 0 Å². The molecule has 0 aromatic rings. The molecule has 0 aromatic heterocycles. The number of nitrogens with zero attached hydrogens (tertiary/aromatic N) is 2. The SMILES string of the molecule is CC1CN([O-])CN2NC(=O)NC(C)C12. The molecule has 2 rings (SSSR count). The minimum Gasteiger partial charge on any atom is -0.784 e. The lowest BCUT2D eigenvalue weighted by Crippen LogP contribution is -2.71. The first-order valence-electron chi connectivity index (χ1n) is 4.84. The zero-order chi connectivity index (χ0) is 10.3. The minimum atomic E-state index is -0.226. The Morgan fingerprint density at radius 1 is 1.50 bits per heavy atom. The molecule has 2 heterocycles. The van der Waals surface area contributed by atoms with Crippen molar-refractivity contribution in [3.05, 3.63) is 5.21 Å². The van der Waals surface area contributed by atoms with E-state index in [9.17, 15) is 10.0 Å². The molecule has 2 saturated heterocycles. The van der Waals surface area contributed by atoms with Gasteiger partial charge in [-0.2, -0.15) is 0 Å². The topological polar surface area (TPSA) is 70.7 Å². The van der Waals surface area contributed by atoms with E-state index in [1.807, 2.05) is 13.8 Å². The lowest BCUT2D eigenvalue weighted by atomic mass is 9.93. The van der Waals surface area contributed by atoms with E-state index < -0.39 is 0 Å². The minimum absolute atomic E-state index is 0.0902. The number of carbonyl (C=O) groups is 1. The molecule has 2 N–H and O–H groups in total. The Bertz CT molecular complexity index is 247. The fourth-order valence-corrected chi connectivity index (χ4v) is 2.39. The summed E-state index contributed by atoms with van der Waals surface area (Å²) in [5.41, 5.74) is 2.65. The summed E-state index contributed by atoms with van der Waals surface area (Å²) < 4.78 is 0. The number of rotatable bonds is 0. The second-order valence-corrected chi connectivity index (χ2v) is 4.12. The van der Waals surface area contributed by atoms with E-state index in [1.165, 1.54) is 0 Å². The van der Waals surface area contributed by atoms with Crippen LogP contribution in [0.4, 0.5) is 4.79 Å². The molecule has 0 saturated carbocycles. The molecule has 2 aliphatic heterocycles. The van der Waals surface area contributed by atoms with Gasteiger partial charge in [-0.3, -0.25) is 5.43 Å². The van der Waals surface area contributed by atoms with Crippen molar-refractivity contribution in [1.29, 1.82) is 0 Å². The highest BCUT2D eigenvalue weighted by Gasteiger charge is 2.38. The molecule has 3 unspecified atom stereocenters. The number of urea groups is 1. The zero-order valence-electron chi connectivity index (χ0n) is 8.36. The maximum absolute atomic E-state index is 11.2. The number of hydroxylamine groups is 2. The number of fused-ring (bicyclic) bond motifs is 1. The molecule has 0 bridgehead atoms. The van der Waals surface area contributed by atoms with Crippen LogP contribution < -0.4 is 10.7 Å². The van der Waals surface area contributed by atoms with Gasteiger partial charge in [0.2, 0.25) is 0 Å². The normalized spacial score (nSPS) is 39.9. The van der Waals surface area contributed by atoms with Gasteiger partial charge in [0.15, 0.2) is 0 Å². The van der Waals surface area contributed by atoms with Gasteiger partial charge in [0, 0.05) is 6.04 Å². The summed E-state index contributed by atoms with van der Waals surface area (Å²) in [7, 11) is 0. The molecular weight excluding hydrogens is 184 g/mol. The van der Waals surface area contributed by atoms with Crippen LogP contribution in [-0.2, 0) is 0 Å². The lowest BCUT2D eigenvalue weighted by molar-refractivity contribution is -0.0285. The van der Waals surface area contributed by atoms with Gasteiger partial charge in [0.05, 0.1) is 12.7 Å². The van der Waals surface area contributed by atoms with Gasteiger partial charge in [0.1, 0.15) is 0 Å². The highest BCUT2D eigenvalue weighted by Crippen LogP contribution is 2.22. The molecule has 0 aromatic carbocycles. The van der Waals surface area contributed by atoms with Gasteiger partial charge in [0.25, 0.3) is 0 Å². The monoisotopic (exact) mass is 199 g/mol. The van der Waals surface area contributed by atoms with Crippen molar-refractivity contribution in [3.8, 4) is 0 Å². The van der Waals surface area contributed by atoms with Crippen LogP contribution in [-0.4, -0.2) is 41.4 Å². The number of carbonyl (C=O) groups excluding carboxylic acids is 1. The summed E-state index contributed by atoms with van der Waals surface area (Å²) in [4.78, 5) is 11.2. The second kappa shape index (κ2) is 3.38. The average Bonchev–Trinajstić information content (AvgIpc) is 1.99. The Kier molecular flexibility index (Phi) is 2.34. The van der Waals surface area contributed by atoms with Crippen molar-refractivity contribution in [1.82, 2.24) is 20.8 Å². The highest BCUT2D eigenvalue weighted by atomic mass is 16.5. The van der Waals surface area contributed by atoms with E-state index in [0.717, 1.165) is 5.06 Å². The summed E-state index contributed by atoms with van der Waals surface area (Å²) in [6.45, 7) is 4.78. The van der Waals surface area contributed by atoms with Crippen molar-refractivity contribution in [2.24, 2.45) is 5.92 Å². The Labute approximate surface area is 82.8 Å². The van der Waals surface area contributed by atoms with Gasteiger partial charge in [-0.15, -0.1) is 0 Å². The largest absolute Gasteiger partial charge is 0.784 e. The summed E-state index contributed by atoms with van der Waals surface area (Å²) in [5.74, 6) is 0.254. The summed E-state index contributed by atoms with van der Waals surface area (Å²) >= 11 is 0. The number of amides is 2. The zero-order valence-corrected chi connectivity index (χ0v) is 8.36. The standard InChI is InChI=1S/C8H15N4O2/c1-5-3-11(14)4-12-7(5)6(2)9-8(13)10-12/h5-7H,3-4H2,1-2H3,(H2,9,10,13)/q-1. The molecule has 3 atom stereocenters. The number of hydrogen-bond acceptors (Lipinski definition) is 4. The van der Waals surface area contributed by atoms with Gasteiger partial charge >= 0.3 is 6.03 Å². The van der Waals surface area contributed by atoms with Crippen LogP contribution in [0.15, 0.2) is 0 Å². The number of hydrogen-bond donors (Lipinski definition) is 2. The first-order valence-corrected chi connectivity index (χ1v) is 4.84. The van der Waals surface area contributed by atoms with Crippen molar-refractivity contribution >= 4 is 6.03 Å². The highest BCUT2D eigenvalue weighted by molar-refractivity contribution is 5.74. The Morgan fingerprint density at radius 2 is 2.21 bits per heavy atom. The third-order valence-corrected chi connectivity index (χ3v) is 2.86. The van der Waals surface area contributed by atoms with Crippen LogP contribution in [0, 0.1) is 11.1 Å². The van der Waals surface area contributed by atoms with Crippen molar-refractivity contribution < 1.29 is 4.79 Å². The maximum atomic E-state index is 11.2. The smallest absolute Gasteiger partial charge is 0.329 e. The molecule has 80 valence electrons. The van der Waals surface area contributed by atoms with E-state index in [2.05, 4.69) is 10.7 Å².